The summed E-state index contributed by atoms with van der Waals surface area (Å²) < 4.78 is 0. The van der Waals surface area contributed by atoms with Gasteiger partial charge in [0.1, 0.15) is 0 Å². The third kappa shape index (κ3) is 6.93. The predicted octanol–water partition coefficient (Wildman–Crippen LogP) is 18.7. The normalized spacial score (nSPS) is 12.1. The second-order valence-corrected chi connectivity index (χ2v) is 20.8. The zero-order chi connectivity index (χ0) is 49.3. The number of aromatic nitrogens is 4. The topological polar surface area (TPSA) is 54.0 Å². The van der Waals surface area contributed by atoms with E-state index < -0.39 is 0 Å². The molecule has 2 aliphatic rings. The second kappa shape index (κ2) is 17.3. The van der Waals surface area contributed by atoms with E-state index >= 15 is 0 Å². The maximum absolute atomic E-state index is 6.08. The summed E-state index contributed by atoms with van der Waals surface area (Å²) in [6, 6.07) is 75.4. The molecule has 0 aliphatic carbocycles. The number of hydrogen-bond acceptors (Lipinski definition) is 2. The Morgan fingerprint density at radius 1 is 0.293 bits per heavy atom. The Morgan fingerprint density at radius 3 is 0.853 bits per heavy atom. The van der Waals surface area contributed by atoms with Crippen molar-refractivity contribution in [3.8, 4) is 67.3 Å². The number of benzene rings is 10. The van der Waals surface area contributed by atoms with Gasteiger partial charge in [0, 0.05) is 22.3 Å². The van der Waals surface area contributed by atoms with Gasteiger partial charge >= 0.3 is 21.1 Å². The third-order valence-corrected chi connectivity index (χ3v) is 15.7. The first-order valence-electron chi connectivity index (χ1n) is 25.9. The minimum absolute atomic E-state index is 0. The van der Waals surface area contributed by atoms with Crippen LogP contribution in [0.2, 0.25) is 0 Å². The van der Waals surface area contributed by atoms with E-state index in [1.54, 1.807) is 0 Å². The Hall–Kier alpha value is -8.43. The van der Waals surface area contributed by atoms with Crippen molar-refractivity contribution in [3.05, 3.63) is 217 Å². The first-order valence-corrected chi connectivity index (χ1v) is 25.9. The maximum atomic E-state index is 6.08. The van der Waals surface area contributed by atoms with Gasteiger partial charge in [-0.3, -0.25) is 0 Å². The van der Waals surface area contributed by atoms with Crippen LogP contribution in [0.3, 0.4) is 0 Å². The number of rotatable bonds is 4. The third-order valence-electron chi connectivity index (χ3n) is 15.7. The van der Waals surface area contributed by atoms with E-state index in [1.807, 2.05) is 0 Å². The van der Waals surface area contributed by atoms with Crippen molar-refractivity contribution in [1.82, 2.24) is 19.9 Å². The van der Waals surface area contributed by atoms with E-state index in [9.17, 15) is 0 Å². The van der Waals surface area contributed by atoms with Gasteiger partial charge < -0.3 is 9.97 Å². The molecule has 8 bridgehead atoms. The summed E-state index contributed by atoms with van der Waals surface area (Å²) >= 11 is 0. The summed E-state index contributed by atoms with van der Waals surface area (Å²) in [6.07, 6.45) is 0. The van der Waals surface area contributed by atoms with Crippen LogP contribution in [-0.4, -0.2) is 9.97 Å². The van der Waals surface area contributed by atoms with Crippen LogP contribution in [-0.2, 0) is 21.1 Å². The molecule has 3 aromatic heterocycles. The average molecular weight is 1140 g/mol. The van der Waals surface area contributed by atoms with Crippen LogP contribution in [0.1, 0.15) is 50.7 Å². The van der Waals surface area contributed by atoms with Crippen molar-refractivity contribution in [1.29, 1.82) is 0 Å². The van der Waals surface area contributed by atoms with Crippen LogP contribution in [0.25, 0.3) is 154 Å². The molecule has 15 rings (SSSR count). The summed E-state index contributed by atoms with van der Waals surface area (Å²) in [5.41, 5.74) is 18.1. The zero-order valence-electron chi connectivity index (χ0n) is 41.9. The molecule has 5 heterocycles. The van der Waals surface area contributed by atoms with Gasteiger partial charge in [0.25, 0.3) is 0 Å². The maximum Gasteiger partial charge on any atom is 2.00 e. The molecule has 0 spiro atoms. The van der Waals surface area contributed by atoms with E-state index in [0.717, 1.165) is 144 Å². The largest absolute Gasteiger partial charge is 2.00 e. The van der Waals surface area contributed by atoms with Gasteiger partial charge in [0.2, 0.25) is 0 Å². The summed E-state index contributed by atoms with van der Waals surface area (Å²) in [5.74, 6) is 0.0854. The summed E-state index contributed by atoms with van der Waals surface area (Å²) in [6.45, 7) is 9.22. The second-order valence-electron chi connectivity index (χ2n) is 20.8. The van der Waals surface area contributed by atoms with Crippen molar-refractivity contribution in [2.75, 3.05) is 0 Å². The van der Waals surface area contributed by atoms with Crippen LogP contribution in [0, 0.1) is 0 Å². The predicted molar refractivity (Wildman–Crippen MR) is 312 cm³/mol. The molecule has 4 nitrogen and oxygen atoms in total. The van der Waals surface area contributed by atoms with Gasteiger partial charge in [-0.15, -0.1) is 22.1 Å². The van der Waals surface area contributed by atoms with Crippen LogP contribution in [0.4, 0.5) is 0 Å². The van der Waals surface area contributed by atoms with Gasteiger partial charge in [0.15, 0.2) is 0 Å². The van der Waals surface area contributed by atoms with Crippen LogP contribution >= 0.6 is 0 Å². The minimum atomic E-state index is 0. The van der Waals surface area contributed by atoms with Gasteiger partial charge in [-0.05, 0) is 158 Å². The summed E-state index contributed by atoms with van der Waals surface area (Å²) in [5, 5.41) is 13.7. The fourth-order valence-electron chi connectivity index (χ4n) is 12.3. The van der Waals surface area contributed by atoms with E-state index in [-0.39, 0.29) is 32.9 Å². The molecule has 0 fully saturated rings. The summed E-state index contributed by atoms with van der Waals surface area (Å²) in [7, 11) is 0. The molecule has 2 aliphatic heterocycles. The Labute approximate surface area is 449 Å². The molecule has 0 saturated heterocycles. The van der Waals surface area contributed by atoms with Crippen molar-refractivity contribution in [3.63, 3.8) is 0 Å². The molecule has 0 atom stereocenters. The molecule has 13 aromatic rings. The summed E-state index contributed by atoms with van der Waals surface area (Å²) in [4.78, 5) is 24.2. The van der Waals surface area contributed by atoms with Gasteiger partial charge in [-0.1, -0.05) is 185 Å². The van der Waals surface area contributed by atoms with E-state index in [4.69, 9.17) is 19.9 Å². The standard InChI is InChI=1S/C70H48N4.Pt/c1-39(2)59-63-51-31-43-23-11-12-24-44(43)32-52(51)64(71-63)60(40(3)4)66-54-34-46-26-14-16-28-48(46)36-56(54)68(73-66)62(42-21-9-6-10-22-42)70-58-38-50-30-18-17-29-49(50)37-57(58)69(74-70)61(41-19-7-5-8-20-41)67-55-35-47-27-15-13-25-45(47)33-53(55)65(59)72-67;/h5-40H,1-4H3;/q-2;+2. The Balaban J connectivity index is 0.00000516. The fraction of sp³-hybridized carbons (Fsp3) is 0.0857. The molecule has 75 heavy (non-hydrogen) atoms. The number of fused-ring (bicyclic) bond motifs is 24. The van der Waals surface area contributed by atoms with E-state index in [2.05, 4.69) is 234 Å². The van der Waals surface area contributed by atoms with Crippen LogP contribution in [0.5, 0.6) is 0 Å². The minimum Gasteiger partial charge on any atom is -0.656 e. The van der Waals surface area contributed by atoms with E-state index in [1.165, 1.54) is 21.5 Å². The van der Waals surface area contributed by atoms with Crippen molar-refractivity contribution in [2.24, 2.45) is 0 Å². The SMILES string of the molecule is CC(C)c1c2nc(c(C(C)C)c3[n-]c(c(-c4ccccc4)c4nc(c(-c5ccccc5)c5[n-]c1c1cc6ccccc6cc51)-c1cc5ccccc5cc1-4)c1cc4ccccc4cc31)-c1cc3ccccc3cc1-2.[Pt+2]. The van der Waals surface area contributed by atoms with Gasteiger partial charge in [-0.25, -0.2) is 9.97 Å². The Bertz CT molecular complexity index is 4420. The van der Waals surface area contributed by atoms with Crippen molar-refractivity contribution < 1.29 is 21.1 Å². The fourth-order valence-corrected chi connectivity index (χ4v) is 12.3. The molecule has 0 amide bonds. The first-order chi connectivity index (χ1) is 36.3. The van der Waals surface area contributed by atoms with E-state index in [0.29, 0.717) is 0 Å². The zero-order valence-corrected chi connectivity index (χ0v) is 44.2. The molecule has 0 saturated carbocycles. The monoisotopic (exact) mass is 1140 g/mol. The molecule has 10 aromatic carbocycles. The van der Waals surface area contributed by atoms with Gasteiger partial charge in [0.05, 0.1) is 22.8 Å². The quantitative estimate of drug-likeness (QED) is 0.176. The molecule has 5 heteroatoms. The average Bonchev–Trinajstić information content (AvgIpc) is 4.18. The van der Waals surface area contributed by atoms with Crippen molar-refractivity contribution in [2.45, 2.75) is 39.5 Å². The Morgan fingerprint density at radius 2 is 0.547 bits per heavy atom. The molecule has 0 unspecified atom stereocenters. The first kappa shape index (κ1) is 45.2. The molecule has 358 valence electrons. The molecule has 0 radical (unpaired) electrons. The molecule has 0 N–H and O–H groups in total. The Kier molecular flexibility index (Phi) is 10.4. The smallest absolute Gasteiger partial charge is 0.656 e. The van der Waals surface area contributed by atoms with Crippen molar-refractivity contribution >= 4 is 86.7 Å². The number of hydrogen-bond donors (Lipinski definition) is 0. The van der Waals surface area contributed by atoms with Crippen LogP contribution < -0.4 is 9.97 Å². The van der Waals surface area contributed by atoms with Crippen LogP contribution in [0.15, 0.2) is 206 Å². The number of nitrogens with zero attached hydrogens (tertiary/aromatic N) is 4. The molecular weight excluding hydrogens is 1090 g/mol. The molecular formula is C70H48N4Pt. The van der Waals surface area contributed by atoms with Gasteiger partial charge in [-0.2, -0.15) is 0 Å².